The van der Waals surface area contributed by atoms with Crippen molar-refractivity contribution >= 4 is 10.0 Å². The average Bonchev–Trinajstić information content (AvgIpc) is 2.97. The fraction of sp³-hybridized carbons (Fsp3) is 0.583. The number of aromatic nitrogens is 1. The lowest BCUT2D eigenvalue weighted by molar-refractivity contribution is 0.217. The van der Waals surface area contributed by atoms with Crippen molar-refractivity contribution in [2.24, 2.45) is 5.92 Å². The molecule has 96 valence electrons. The van der Waals surface area contributed by atoms with Gasteiger partial charge in [0.25, 0.3) is 0 Å². The van der Waals surface area contributed by atoms with Gasteiger partial charge in [0.05, 0.1) is 11.0 Å². The highest BCUT2D eigenvalue weighted by molar-refractivity contribution is 7.89. The van der Waals surface area contributed by atoms with Crippen LogP contribution in [0.3, 0.4) is 0 Å². The molecular weight excluding hydrogens is 250 g/mol. The third kappa shape index (κ3) is 1.66. The van der Waals surface area contributed by atoms with Crippen molar-refractivity contribution in [3.63, 3.8) is 0 Å². The van der Waals surface area contributed by atoms with Crippen LogP contribution in [0.2, 0.25) is 0 Å². The summed E-state index contributed by atoms with van der Waals surface area (Å²) in [4.78, 5) is 3.12. The normalized spacial score (nSPS) is 32.3. The molecule has 2 aliphatic heterocycles. The predicted octanol–water partition coefficient (Wildman–Crippen LogP) is 1.47. The monoisotopic (exact) mass is 265 g/mol. The average molecular weight is 265 g/mol. The lowest BCUT2D eigenvalue weighted by Crippen LogP contribution is -2.46. The first-order valence-corrected chi connectivity index (χ1v) is 7.63. The molecule has 3 rings (SSSR count). The second kappa shape index (κ2) is 4.11. The number of H-pyrrole nitrogens is 1. The van der Waals surface area contributed by atoms with E-state index in [1.807, 2.05) is 0 Å². The lowest BCUT2D eigenvalue weighted by Gasteiger charge is -2.35. The maximum Gasteiger partial charge on any atom is 0.245 e. The van der Waals surface area contributed by atoms with Gasteiger partial charge in [0.2, 0.25) is 10.0 Å². The third-order valence-electron chi connectivity index (χ3n) is 3.99. The first kappa shape index (κ1) is 11.8. The number of hydrogen-bond donors (Lipinski definition) is 1. The van der Waals surface area contributed by atoms with Gasteiger partial charge < -0.3 is 4.98 Å². The van der Waals surface area contributed by atoms with Gasteiger partial charge in [-0.1, -0.05) is 0 Å². The molecular formula is C12H15N3O2S. The van der Waals surface area contributed by atoms with E-state index < -0.39 is 10.0 Å². The highest BCUT2D eigenvalue weighted by atomic mass is 32.2. The van der Waals surface area contributed by atoms with Crippen molar-refractivity contribution in [2.75, 3.05) is 0 Å². The van der Waals surface area contributed by atoms with E-state index in [2.05, 4.69) is 11.1 Å². The molecule has 1 aromatic heterocycles. The zero-order chi connectivity index (χ0) is 12.8. The summed E-state index contributed by atoms with van der Waals surface area (Å²) in [5.74, 6) is 0.0141. The molecule has 2 saturated heterocycles. The summed E-state index contributed by atoms with van der Waals surface area (Å²) < 4.78 is 26.7. The van der Waals surface area contributed by atoms with Gasteiger partial charge in [-0.15, -0.1) is 0 Å². The number of hydrogen-bond acceptors (Lipinski definition) is 3. The topological polar surface area (TPSA) is 77.0 Å². The molecule has 1 unspecified atom stereocenters. The summed E-state index contributed by atoms with van der Waals surface area (Å²) in [6.45, 7) is 0. The molecule has 3 heterocycles. The Morgan fingerprint density at radius 3 is 2.50 bits per heavy atom. The molecule has 6 heteroatoms. The highest BCUT2D eigenvalue weighted by Gasteiger charge is 2.47. The number of piperidine rings is 1. The van der Waals surface area contributed by atoms with Crippen LogP contribution in [-0.2, 0) is 10.0 Å². The summed E-state index contributed by atoms with van der Waals surface area (Å²) in [5.41, 5.74) is 0. The summed E-state index contributed by atoms with van der Waals surface area (Å²) in [6, 6.07) is 3.89. The van der Waals surface area contributed by atoms with E-state index in [1.165, 1.54) is 6.20 Å². The van der Waals surface area contributed by atoms with E-state index in [0.29, 0.717) is 17.7 Å². The maximum atomic E-state index is 12.5. The SMILES string of the molecule is N#CC1C[C@H]2CC[C@@H](C1)N2S(=O)(=O)c1cc[nH]c1. The van der Waals surface area contributed by atoms with Gasteiger partial charge in [-0.3, -0.25) is 0 Å². The van der Waals surface area contributed by atoms with E-state index in [4.69, 9.17) is 5.26 Å². The Balaban J connectivity index is 1.94. The van der Waals surface area contributed by atoms with Crippen molar-refractivity contribution in [3.05, 3.63) is 18.5 Å². The van der Waals surface area contributed by atoms with E-state index in [-0.39, 0.29) is 18.0 Å². The zero-order valence-corrected chi connectivity index (χ0v) is 10.7. The fourth-order valence-electron chi connectivity index (χ4n) is 3.22. The van der Waals surface area contributed by atoms with Gasteiger partial charge in [0, 0.05) is 30.4 Å². The molecule has 1 aromatic rings. The molecule has 2 aliphatic rings. The van der Waals surface area contributed by atoms with E-state index in [9.17, 15) is 8.42 Å². The van der Waals surface area contributed by atoms with Crippen LogP contribution in [0.5, 0.6) is 0 Å². The molecule has 0 radical (unpaired) electrons. The van der Waals surface area contributed by atoms with Crippen LogP contribution in [0, 0.1) is 17.2 Å². The van der Waals surface area contributed by atoms with Crippen molar-refractivity contribution in [1.29, 1.82) is 5.26 Å². The molecule has 18 heavy (non-hydrogen) atoms. The Bertz CT molecular complexity index is 559. The summed E-state index contributed by atoms with van der Waals surface area (Å²) in [5, 5.41) is 9.00. The molecule has 2 bridgehead atoms. The molecule has 2 fully saturated rings. The minimum atomic E-state index is -3.39. The first-order chi connectivity index (χ1) is 8.63. The molecule has 0 amide bonds. The lowest BCUT2D eigenvalue weighted by atomic mass is 9.94. The number of rotatable bonds is 2. The minimum Gasteiger partial charge on any atom is -0.366 e. The Hall–Kier alpha value is -1.32. The Morgan fingerprint density at radius 2 is 2.00 bits per heavy atom. The summed E-state index contributed by atoms with van der Waals surface area (Å²) in [7, 11) is -3.39. The molecule has 3 atom stereocenters. The Labute approximate surface area is 106 Å². The number of nitrogens with one attached hydrogen (secondary N) is 1. The van der Waals surface area contributed by atoms with Gasteiger partial charge in [0.1, 0.15) is 0 Å². The fourth-order valence-corrected chi connectivity index (χ4v) is 5.09. The number of sulfonamides is 1. The van der Waals surface area contributed by atoms with Gasteiger partial charge in [0.15, 0.2) is 0 Å². The Morgan fingerprint density at radius 1 is 1.33 bits per heavy atom. The van der Waals surface area contributed by atoms with Gasteiger partial charge in [-0.05, 0) is 31.7 Å². The van der Waals surface area contributed by atoms with Crippen molar-refractivity contribution in [2.45, 2.75) is 42.7 Å². The zero-order valence-electron chi connectivity index (χ0n) is 9.91. The van der Waals surface area contributed by atoms with E-state index in [1.54, 1.807) is 16.6 Å². The molecule has 0 saturated carbocycles. The number of nitriles is 1. The first-order valence-electron chi connectivity index (χ1n) is 6.19. The molecule has 0 spiro atoms. The predicted molar refractivity (Wildman–Crippen MR) is 65.0 cm³/mol. The molecule has 0 aromatic carbocycles. The van der Waals surface area contributed by atoms with Crippen LogP contribution in [0.4, 0.5) is 0 Å². The van der Waals surface area contributed by atoms with Crippen LogP contribution in [0.25, 0.3) is 0 Å². The van der Waals surface area contributed by atoms with E-state index >= 15 is 0 Å². The number of aromatic amines is 1. The highest BCUT2D eigenvalue weighted by Crippen LogP contribution is 2.41. The maximum absolute atomic E-state index is 12.5. The third-order valence-corrected chi connectivity index (χ3v) is 5.99. The molecule has 0 aliphatic carbocycles. The largest absolute Gasteiger partial charge is 0.366 e. The molecule has 5 nitrogen and oxygen atoms in total. The second-order valence-electron chi connectivity index (χ2n) is 5.06. The van der Waals surface area contributed by atoms with Crippen LogP contribution in [-0.4, -0.2) is 29.8 Å². The quantitative estimate of drug-likeness (QED) is 0.879. The number of fused-ring (bicyclic) bond motifs is 2. The minimum absolute atomic E-state index is 0.00769. The van der Waals surface area contributed by atoms with Crippen LogP contribution in [0.1, 0.15) is 25.7 Å². The summed E-state index contributed by atoms with van der Waals surface area (Å²) >= 11 is 0. The second-order valence-corrected chi connectivity index (χ2v) is 6.91. The van der Waals surface area contributed by atoms with Crippen LogP contribution >= 0.6 is 0 Å². The smallest absolute Gasteiger partial charge is 0.245 e. The summed E-state index contributed by atoms with van der Waals surface area (Å²) in [6.07, 6.45) is 6.26. The van der Waals surface area contributed by atoms with Crippen LogP contribution in [0.15, 0.2) is 23.4 Å². The number of nitrogens with zero attached hydrogens (tertiary/aromatic N) is 2. The van der Waals surface area contributed by atoms with Gasteiger partial charge in [-0.2, -0.15) is 9.57 Å². The van der Waals surface area contributed by atoms with Gasteiger partial charge in [-0.25, -0.2) is 8.42 Å². The standard InChI is InChI=1S/C12H15N3O2S/c13-7-9-5-10-1-2-11(6-9)15(10)18(16,17)12-3-4-14-8-12/h3-4,8-11,14H,1-2,5-6H2/t9?,10-,11+. The van der Waals surface area contributed by atoms with Gasteiger partial charge >= 0.3 is 0 Å². The van der Waals surface area contributed by atoms with E-state index in [0.717, 1.165) is 12.8 Å². The van der Waals surface area contributed by atoms with Crippen molar-refractivity contribution in [3.8, 4) is 6.07 Å². The van der Waals surface area contributed by atoms with Crippen molar-refractivity contribution in [1.82, 2.24) is 9.29 Å². The Kier molecular flexibility index (Phi) is 2.68. The van der Waals surface area contributed by atoms with Crippen molar-refractivity contribution < 1.29 is 8.42 Å². The molecule has 1 N–H and O–H groups in total. The van der Waals surface area contributed by atoms with Crippen LogP contribution < -0.4 is 0 Å².